The normalized spacial score (nSPS) is 14.2. The molecule has 174 valence electrons. The first-order valence-corrected chi connectivity index (χ1v) is 10.8. The Bertz CT molecular complexity index is 886. The minimum absolute atomic E-state index is 0.509. The van der Waals surface area contributed by atoms with Gasteiger partial charge in [-0.15, -0.1) is 0 Å². The molecule has 3 rings (SSSR count). The van der Waals surface area contributed by atoms with Crippen LogP contribution < -0.4 is 29.2 Å². The van der Waals surface area contributed by atoms with E-state index in [0.717, 1.165) is 50.0 Å². The Labute approximate surface area is 190 Å². The zero-order valence-corrected chi connectivity index (χ0v) is 19.7. The van der Waals surface area contributed by atoms with Crippen LogP contribution in [0.1, 0.15) is 12.5 Å². The van der Waals surface area contributed by atoms with Gasteiger partial charge in [-0.25, -0.2) is 4.99 Å². The van der Waals surface area contributed by atoms with E-state index in [1.54, 1.807) is 28.4 Å². The lowest BCUT2D eigenvalue weighted by atomic mass is 10.2. The van der Waals surface area contributed by atoms with Crippen molar-refractivity contribution in [2.24, 2.45) is 4.99 Å². The third-order valence-electron chi connectivity index (χ3n) is 5.47. The highest BCUT2D eigenvalue weighted by molar-refractivity contribution is 5.80. The number of ether oxygens (including phenoxy) is 4. The van der Waals surface area contributed by atoms with Crippen molar-refractivity contribution in [3.05, 3.63) is 42.0 Å². The number of methoxy groups -OCH3 is 4. The zero-order chi connectivity index (χ0) is 22.9. The monoisotopic (exact) mass is 442 g/mol. The van der Waals surface area contributed by atoms with E-state index < -0.39 is 0 Å². The summed E-state index contributed by atoms with van der Waals surface area (Å²) in [6, 6.07) is 12.1. The molecule has 8 nitrogen and oxygen atoms in total. The molecule has 1 heterocycles. The van der Waals surface area contributed by atoms with E-state index in [4.69, 9.17) is 23.9 Å². The van der Waals surface area contributed by atoms with Gasteiger partial charge in [0, 0.05) is 44.5 Å². The second-order valence-corrected chi connectivity index (χ2v) is 7.38. The number of aliphatic imine (C=N–C) groups is 1. The first-order valence-electron chi connectivity index (χ1n) is 10.8. The van der Waals surface area contributed by atoms with E-state index in [9.17, 15) is 0 Å². The maximum Gasteiger partial charge on any atom is 0.203 e. The molecule has 1 saturated heterocycles. The Hall–Kier alpha value is -3.29. The van der Waals surface area contributed by atoms with Gasteiger partial charge in [-0.3, -0.25) is 0 Å². The molecule has 0 radical (unpaired) electrons. The first-order chi connectivity index (χ1) is 15.6. The number of piperazine rings is 1. The van der Waals surface area contributed by atoms with E-state index in [2.05, 4.69) is 34.2 Å². The fraction of sp³-hybridized carbons (Fsp3) is 0.458. The summed E-state index contributed by atoms with van der Waals surface area (Å²) in [5.74, 6) is 3.64. The molecule has 0 saturated carbocycles. The molecule has 1 aliphatic heterocycles. The van der Waals surface area contributed by atoms with Crippen molar-refractivity contribution in [1.82, 2.24) is 10.2 Å². The molecule has 0 amide bonds. The molecule has 8 heteroatoms. The van der Waals surface area contributed by atoms with Crippen LogP contribution in [0.4, 0.5) is 5.69 Å². The second kappa shape index (κ2) is 11.4. The van der Waals surface area contributed by atoms with Gasteiger partial charge in [0.05, 0.1) is 35.0 Å². The third-order valence-corrected chi connectivity index (χ3v) is 5.47. The van der Waals surface area contributed by atoms with E-state index in [0.29, 0.717) is 23.8 Å². The topological polar surface area (TPSA) is 67.8 Å². The van der Waals surface area contributed by atoms with Crippen LogP contribution in [0.5, 0.6) is 23.0 Å². The van der Waals surface area contributed by atoms with Crippen LogP contribution in [0, 0.1) is 0 Å². The molecule has 32 heavy (non-hydrogen) atoms. The minimum atomic E-state index is 0.509. The van der Waals surface area contributed by atoms with Gasteiger partial charge >= 0.3 is 0 Å². The van der Waals surface area contributed by atoms with Crippen LogP contribution in [0.25, 0.3) is 0 Å². The van der Waals surface area contributed by atoms with Crippen molar-refractivity contribution in [1.29, 1.82) is 0 Å². The summed E-state index contributed by atoms with van der Waals surface area (Å²) in [5.41, 5.74) is 2.17. The highest BCUT2D eigenvalue weighted by Gasteiger charge is 2.20. The van der Waals surface area contributed by atoms with Gasteiger partial charge in [-0.2, -0.15) is 0 Å². The Morgan fingerprint density at radius 3 is 2.16 bits per heavy atom. The first kappa shape index (κ1) is 23.4. The van der Waals surface area contributed by atoms with Crippen molar-refractivity contribution >= 4 is 11.6 Å². The number of benzene rings is 2. The van der Waals surface area contributed by atoms with Crippen molar-refractivity contribution in [2.45, 2.75) is 13.5 Å². The van der Waals surface area contributed by atoms with Gasteiger partial charge in [0.15, 0.2) is 17.5 Å². The Kier molecular flexibility index (Phi) is 8.30. The Morgan fingerprint density at radius 2 is 1.59 bits per heavy atom. The summed E-state index contributed by atoms with van der Waals surface area (Å²) in [7, 11) is 6.54. The molecule has 0 bridgehead atoms. The molecule has 1 aliphatic rings. The lowest BCUT2D eigenvalue weighted by Gasteiger charge is -2.37. The summed E-state index contributed by atoms with van der Waals surface area (Å²) < 4.78 is 21.7. The SMILES string of the molecule is CCNC(=NCc1cc(OC)c(OC)c(OC)c1)N1CCN(c2cccc(OC)c2)CC1. The molecule has 0 aliphatic carbocycles. The molecule has 0 spiro atoms. The summed E-state index contributed by atoms with van der Waals surface area (Å²) >= 11 is 0. The van der Waals surface area contributed by atoms with Gasteiger partial charge in [0.25, 0.3) is 0 Å². The number of nitrogens with zero attached hydrogens (tertiary/aromatic N) is 3. The average molecular weight is 443 g/mol. The molecular formula is C24H34N4O4. The lowest BCUT2D eigenvalue weighted by molar-refractivity contribution is 0.324. The third kappa shape index (κ3) is 5.49. The number of hydrogen-bond donors (Lipinski definition) is 1. The van der Waals surface area contributed by atoms with E-state index in [1.165, 1.54) is 5.69 Å². The number of hydrogen-bond acceptors (Lipinski definition) is 6. The van der Waals surface area contributed by atoms with Crippen LogP contribution in [0.2, 0.25) is 0 Å². The van der Waals surface area contributed by atoms with Gasteiger partial charge in [0.1, 0.15) is 5.75 Å². The van der Waals surface area contributed by atoms with Crippen molar-refractivity contribution in [3.8, 4) is 23.0 Å². The molecular weight excluding hydrogens is 408 g/mol. The summed E-state index contributed by atoms with van der Waals surface area (Å²) in [6.45, 7) is 7.01. The quantitative estimate of drug-likeness (QED) is 0.498. The number of guanidine groups is 1. The molecule has 0 unspecified atom stereocenters. The maximum atomic E-state index is 5.47. The molecule has 0 atom stereocenters. The van der Waals surface area contributed by atoms with Crippen LogP contribution in [0.3, 0.4) is 0 Å². The van der Waals surface area contributed by atoms with Crippen LogP contribution in [-0.4, -0.2) is 72.0 Å². The Balaban J connectivity index is 1.70. The number of nitrogens with one attached hydrogen (secondary N) is 1. The van der Waals surface area contributed by atoms with Gasteiger partial charge in [0.2, 0.25) is 5.75 Å². The second-order valence-electron chi connectivity index (χ2n) is 7.38. The molecule has 1 fully saturated rings. The van der Waals surface area contributed by atoms with Gasteiger partial charge in [-0.1, -0.05) is 6.07 Å². The van der Waals surface area contributed by atoms with Crippen molar-refractivity contribution in [3.63, 3.8) is 0 Å². The summed E-state index contributed by atoms with van der Waals surface area (Å²) in [4.78, 5) is 9.56. The molecule has 2 aromatic rings. The summed E-state index contributed by atoms with van der Waals surface area (Å²) in [5, 5.41) is 3.43. The summed E-state index contributed by atoms with van der Waals surface area (Å²) in [6.07, 6.45) is 0. The highest BCUT2D eigenvalue weighted by Crippen LogP contribution is 2.38. The van der Waals surface area contributed by atoms with Crippen LogP contribution >= 0.6 is 0 Å². The van der Waals surface area contributed by atoms with Crippen LogP contribution in [0.15, 0.2) is 41.4 Å². The largest absolute Gasteiger partial charge is 0.497 e. The fourth-order valence-electron chi connectivity index (χ4n) is 3.80. The van der Waals surface area contributed by atoms with Gasteiger partial charge < -0.3 is 34.1 Å². The standard InChI is InChI=1S/C24H34N4O4/c1-6-25-24(26-17-18-14-21(30-3)23(32-5)22(15-18)31-4)28-12-10-27(11-13-28)19-8-7-9-20(16-19)29-2/h7-9,14-16H,6,10-13,17H2,1-5H3,(H,25,26). The molecule has 0 aromatic heterocycles. The smallest absolute Gasteiger partial charge is 0.203 e. The molecule has 1 N–H and O–H groups in total. The van der Waals surface area contributed by atoms with E-state index in [1.807, 2.05) is 24.3 Å². The predicted molar refractivity (Wildman–Crippen MR) is 128 cm³/mol. The number of rotatable bonds is 8. The maximum absolute atomic E-state index is 5.47. The number of anilines is 1. The van der Waals surface area contributed by atoms with E-state index in [-0.39, 0.29) is 0 Å². The van der Waals surface area contributed by atoms with Gasteiger partial charge in [-0.05, 0) is 36.8 Å². The highest BCUT2D eigenvalue weighted by atomic mass is 16.5. The lowest BCUT2D eigenvalue weighted by Crippen LogP contribution is -2.52. The predicted octanol–water partition coefficient (Wildman–Crippen LogP) is 3.01. The fourth-order valence-corrected chi connectivity index (χ4v) is 3.80. The van der Waals surface area contributed by atoms with Crippen molar-refractivity contribution in [2.75, 3.05) is 66.1 Å². The minimum Gasteiger partial charge on any atom is -0.497 e. The zero-order valence-electron chi connectivity index (χ0n) is 19.7. The van der Waals surface area contributed by atoms with Crippen molar-refractivity contribution < 1.29 is 18.9 Å². The average Bonchev–Trinajstić information content (AvgIpc) is 2.85. The molecule has 2 aromatic carbocycles. The van der Waals surface area contributed by atoms with Crippen LogP contribution in [-0.2, 0) is 6.54 Å². The van der Waals surface area contributed by atoms with E-state index >= 15 is 0 Å². The Morgan fingerprint density at radius 1 is 0.906 bits per heavy atom.